The lowest BCUT2D eigenvalue weighted by Gasteiger charge is -2.22. The smallest absolute Gasteiger partial charge is 0.194 e. The van der Waals surface area contributed by atoms with Crippen LogP contribution in [-0.4, -0.2) is 29.5 Å². The van der Waals surface area contributed by atoms with Gasteiger partial charge in [0.2, 0.25) is 0 Å². The lowest BCUT2D eigenvalue weighted by Crippen LogP contribution is -2.38. The van der Waals surface area contributed by atoms with Crippen LogP contribution >= 0.6 is 35.3 Å². The Morgan fingerprint density at radius 2 is 2.25 bits per heavy atom. The maximum atomic E-state index is 4.32. The van der Waals surface area contributed by atoms with Crippen molar-refractivity contribution in [3.63, 3.8) is 0 Å². The monoisotopic (exact) mass is 404 g/mol. The number of hydrogen-bond donors (Lipinski definition) is 1. The Morgan fingerprint density at radius 3 is 2.80 bits per heavy atom. The second-order valence-corrected chi connectivity index (χ2v) is 5.28. The minimum atomic E-state index is 0. The van der Waals surface area contributed by atoms with Gasteiger partial charge in [-0.1, -0.05) is 0 Å². The number of nitrogens with one attached hydrogen (secondary N) is 1. The van der Waals surface area contributed by atoms with Crippen LogP contribution in [0.1, 0.15) is 11.3 Å². The van der Waals surface area contributed by atoms with E-state index in [9.17, 15) is 0 Å². The number of halogens is 1. The van der Waals surface area contributed by atoms with Crippen LogP contribution in [0, 0.1) is 0 Å². The van der Waals surface area contributed by atoms with Gasteiger partial charge in [0.15, 0.2) is 5.96 Å². The van der Waals surface area contributed by atoms with Gasteiger partial charge in [0.1, 0.15) is 0 Å². The van der Waals surface area contributed by atoms with E-state index < -0.39 is 0 Å². The highest BCUT2D eigenvalue weighted by Gasteiger charge is 2.08. The normalized spacial score (nSPS) is 11.1. The number of aromatic nitrogens is 1. The molecule has 6 heteroatoms. The van der Waals surface area contributed by atoms with Crippen molar-refractivity contribution in [3.8, 4) is 0 Å². The molecule has 0 amide bonds. The summed E-state index contributed by atoms with van der Waals surface area (Å²) in [7, 11) is 5.93. The van der Waals surface area contributed by atoms with Gasteiger partial charge >= 0.3 is 0 Å². The summed E-state index contributed by atoms with van der Waals surface area (Å²) in [6, 6.07) is 6.31. The molecule has 0 aliphatic rings. The summed E-state index contributed by atoms with van der Waals surface area (Å²) in [5.74, 6) is 0.910. The van der Waals surface area contributed by atoms with Crippen molar-refractivity contribution in [1.29, 1.82) is 0 Å². The SMILES string of the molecule is CN=C(NCc1ccsc1)N(C)Cc1cccn1C.I. The average molecular weight is 404 g/mol. The van der Waals surface area contributed by atoms with Gasteiger partial charge in [-0.15, -0.1) is 24.0 Å². The summed E-state index contributed by atoms with van der Waals surface area (Å²) >= 11 is 1.72. The number of hydrogen-bond acceptors (Lipinski definition) is 2. The fourth-order valence-electron chi connectivity index (χ4n) is 1.94. The highest BCUT2D eigenvalue weighted by molar-refractivity contribution is 14.0. The number of aryl methyl sites for hydroxylation is 1. The molecule has 0 spiro atoms. The van der Waals surface area contributed by atoms with Gasteiger partial charge in [0, 0.05) is 39.6 Å². The van der Waals surface area contributed by atoms with Crippen LogP contribution in [0.5, 0.6) is 0 Å². The second-order valence-electron chi connectivity index (χ2n) is 4.50. The van der Waals surface area contributed by atoms with E-state index in [4.69, 9.17) is 0 Å². The minimum Gasteiger partial charge on any atom is -0.353 e. The van der Waals surface area contributed by atoms with E-state index in [0.717, 1.165) is 19.0 Å². The van der Waals surface area contributed by atoms with Crippen molar-refractivity contribution >= 4 is 41.3 Å². The number of aliphatic imine (C=N–C) groups is 1. The summed E-state index contributed by atoms with van der Waals surface area (Å²) in [6.45, 7) is 1.65. The summed E-state index contributed by atoms with van der Waals surface area (Å²) in [6.07, 6.45) is 2.06. The van der Waals surface area contributed by atoms with E-state index in [2.05, 4.69) is 69.0 Å². The van der Waals surface area contributed by atoms with Crippen molar-refractivity contribution in [2.45, 2.75) is 13.1 Å². The Balaban J connectivity index is 0.00000200. The molecule has 0 atom stereocenters. The third-order valence-electron chi connectivity index (χ3n) is 3.05. The predicted octanol–water partition coefficient (Wildman–Crippen LogP) is 2.91. The molecule has 4 nitrogen and oxygen atoms in total. The van der Waals surface area contributed by atoms with Crippen LogP contribution in [0.15, 0.2) is 40.1 Å². The van der Waals surface area contributed by atoms with Crippen LogP contribution < -0.4 is 5.32 Å². The molecule has 2 aromatic heterocycles. The second kappa shape index (κ2) is 8.31. The molecule has 0 radical (unpaired) electrons. The van der Waals surface area contributed by atoms with Crippen LogP contribution in [0.2, 0.25) is 0 Å². The van der Waals surface area contributed by atoms with Crippen LogP contribution in [-0.2, 0) is 20.1 Å². The molecule has 2 heterocycles. The van der Waals surface area contributed by atoms with E-state index in [-0.39, 0.29) is 24.0 Å². The van der Waals surface area contributed by atoms with Crippen molar-refractivity contribution in [2.75, 3.05) is 14.1 Å². The van der Waals surface area contributed by atoms with Gasteiger partial charge < -0.3 is 14.8 Å². The van der Waals surface area contributed by atoms with E-state index in [1.165, 1.54) is 11.3 Å². The van der Waals surface area contributed by atoms with Crippen molar-refractivity contribution in [2.24, 2.45) is 12.0 Å². The van der Waals surface area contributed by atoms with Gasteiger partial charge in [-0.25, -0.2) is 0 Å². The zero-order valence-electron chi connectivity index (χ0n) is 12.0. The fourth-order valence-corrected chi connectivity index (χ4v) is 2.61. The molecule has 0 unspecified atom stereocenters. The number of nitrogens with zero attached hydrogens (tertiary/aromatic N) is 3. The third kappa shape index (κ3) is 4.52. The number of thiophene rings is 1. The Labute approximate surface area is 141 Å². The fraction of sp³-hybridized carbons (Fsp3) is 0.357. The third-order valence-corrected chi connectivity index (χ3v) is 3.79. The number of guanidine groups is 1. The van der Waals surface area contributed by atoms with Gasteiger partial charge in [0.05, 0.1) is 6.54 Å². The molecular formula is C14H21IN4S. The first kappa shape index (κ1) is 17.0. The van der Waals surface area contributed by atoms with Crippen LogP contribution in [0.3, 0.4) is 0 Å². The molecule has 2 rings (SSSR count). The molecule has 110 valence electrons. The van der Waals surface area contributed by atoms with Crippen LogP contribution in [0.4, 0.5) is 0 Å². The minimum absolute atomic E-state index is 0. The molecule has 0 bridgehead atoms. The quantitative estimate of drug-likeness (QED) is 0.483. The zero-order chi connectivity index (χ0) is 13.7. The van der Waals surface area contributed by atoms with E-state index in [1.54, 1.807) is 11.3 Å². The van der Waals surface area contributed by atoms with Crippen molar-refractivity contribution in [3.05, 3.63) is 46.4 Å². The Morgan fingerprint density at radius 1 is 1.45 bits per heavy atom. The lowest BCUT2D eigenvalue weighted by atomic mass is 10.3. The molecule has 2 aromatic rings. The van der Waals surface area contributed by atoms with Gasteiger partial charge in [-0.2, -0.15) is 11.3 Å². The van der Waals surface area contributed by atoms with E-state index in [0.29, 0.717) is 0 Å². The standard InChI is InChI=1S/C14H20N4S.HI/c1-15-14(16-9-12-6-8-19-11-12)18(3)10-13-5-4-7-17(13)2;/h4-8,11H,9-10H2,1-3H3,(H,15,16);1H. The lowest BCUT2D eigenvalue weighted by molar-refractivity contribution is 0.462. The maximum absolute atomic E-state index is 4.32. The topological polar surface area (TPSA) is 32.6 Å². The van der Waals surface area contributed by atoms with Crippen molar-refractivity contribution in [1.82, 2.24) is 14.8 Å². The highest BCUT2D eigenvalue weighted by Crippen LogP contribution is 2.06. The number of rotatable bonds is 4. The van der Waals surface area contributed by atoms with Gasteiger partial charge in [-0.05, 0) is 34.5 Å². The Kier molecular flexibility index (Phi) is 7.08. The molecule has 0 fully saturated rings. The summed E-state index contributed by atoms with van der Waals surface area (Å²) in [4.78, 5) is 6.45. The molecule has 0 saturated carbocycles. The molecule has 20 heavy (non-hydrogen) atoms. The molecule has 1 N–H and O–H groups in total. The molecule has 0 aliphatic carbocycles. The summed E-state index contributed by atoms with van der Waals surface area (Å²) in [5.41, 5.74) is 2.56. The first-order valence-electron chi connectivity index (χ1n) is 6.23. The van der Waals surface area contributed by atoms with E-state index in [1.807, 2.05) is 7.05 Å². The maximum Gasteiger partial charge on any atom is 0.194 e. The Hall–Kier alpha value is -1.02. The Bertz CT molecular complexity index is 533. The van der Waals surface area contributed by atoms with Gasteiger partial charge in [-0.3, -0.25) is 4.99 Å². The first-order valence-corrected chi connectivity index (χ1v) is 7.18. The molecule has 0 aliphatic heterocycles. The van der Waals surface area contributed by atoms with Crippen molar-refractivity contribution < 1.29 is 0 Å². The summed E-state index contributed by atoms with van der Waals surface area (Å²) < 4.78 is 2.13. The van der Waals surface area contributed by atoms with E-state index >= 15 is 0 Å². The average Bonchev–Trinajstić information content (AvgIpc) is 3.03. The highest BCUT2D eigenvalue weighted by atomic mass is 127. The molecular weight excluding hydrogens is 383 g/mol. The zero-order valence-corrected chi connectivity index (χ0v) is 15.2. The van der Waals surface area contributed by atoms with Crippen LogP contribution in [0.25, 0.3) is 0 Å². The largest absolute Gasteiger partial charge is 0.353 e. The first-order chi connectivity index (χ1) is 9.20. The molecule has 0 saturated heterocycles. The summed E-state index contributed by atoms with van der Waals surface area (Å²) in [5, 5.41) is 7.62. The molecule has 0 aromatic carbocycles. The van der Waals surface area contributed by atoms with Gasteiger partial charge in [0.25, 0.3) is 0 Å². The predicted molar refractivity (Wildman–Crippen MR) is 96.8 cm³/mol.